The molecule has 15 nitrogen and oxygen atoms in total. The van der Waals surface area contributed by atoms with E-state index in [1.165, 1.54) is 28.6 Å². The third-order valence-corrected chi connectivity index (χ3v) is 14.3. The molecule has 17 heteroatoms. The van der Waals surface area contributed by atoms with Gasteiger partial charge >= 0.3 is 0 Å². The second kappa shape index (κ2) is 15.7. The molecule has 1 saturated heterocycles. The standard InChI is InChI=1S/C42H42N8O7S2/c51-36(25-18-20-43-21-19-25)45-32-14-5-3-1-2-4-10-26-23-42(26,41(54)49-59(55,56)28-16-17-28)48-37(52)33-22-27(24-50(33)40(32)53)57-38-35(44-29-11-6-7-12-30(29)46-38)39-47-31-13-8-9-15-34(31)58-39/h4,6-13,15,18-21,26-28,32-33H,1-3,5,14,16-17,22-24H2,(H,45,51)(H,48,52)(H,49,54)/t26-,27-,32+,33+,42-/m1/s1. The Labute approximate surface area is 344 Å². The average molecular weight is 835 g/mol. The number of carbonyl (C=O) groups excluding carboxylic acids is 4. The number of benzene rings is 2. The maximum absolute atomic E-state index is 14.8. The molecule has 3 N–H and O–H groups in total. The Balaban J connectivity index is 1.06. The number of hydrogen-bond acceptors (Lipinski definition) is 12. The van der Waals surface area contributed by atoms with Crippen molar-refractivity contribution in [3.05, 3.63) is 90.8 Å². The highest BCUT2D eigenvalue weighted by atomic mass is 32.2. The molecule has 0 unspecified atom stereocenters. The first-order chi connectivity index (χ1) is 28.6. The number of allylic oxidation sites excluding steroid dienone is 1. The number of carbonyl (C=O) groups is 4. The third kappa shape index (κ3) is 8.00. The molecule has 2 saturated carbocycles. The molecule has 4 aliphatic rings. The van der Waals surface area contributed by atoms with Crippen molar-refractivity contribution >= 4 is 66.2 Å². The molecule has 5 aromatic rings. The van der Waals surface area contributed by atoms with Gasteiger partial charge in [0.05, 0.1) is 33.0 Å². The zero-order chi connectivity index (χ0) is 40.7. The summed E-state index contributed by atoms with van der Waals surface area (Å²) >= 11 is 1.44. The van der Waals surface area contributed by atoms with Crippen LogP contribution in [0.4, 0.5) is 0 Å². The van der Waals surface area contributed by atoms with Crippen LogP contribution in [0.3, 0.4) is 0 Å². The van der Waals surface area contributed by atoms with E-state index in [0.717, 1.165) is 23.1 Å². The van der Waals surface area contributed by atoms with E-state index in [1.54, 1.807) is 12.1 Å². The zero-order valence-corrected chi connectivity index (χ0v) is 33.6. The fraction of sp³-hybridized carbons (Fsp3) is 0.381. The molecule has 9 rings (SSSR count). The molecular formula is C42H42N8O7S2. The molecule has 59 heavy (non-hydrogen) atoms. The lowest BCUT2D eigenvalue weighted by atomic mass is 10.0. The van der Waals surface area contributed by atoms with Crippen LogP contribution >= 0.6 is 11.3 Å². The lowest BCUT2D eigenvalue weighted by molar-refractivity contribution is -0.141. The first kappa shape index (κ1) is 38.7. The molecule has 5 heterocycles. The highest BCUT2D eigenvalue weighted by Crippen LogP contribution is 2.46. The van der Waals surface area contributed by atoms with Gasteiger partial charge in [0.15, 0.2) is 5.69 Å². The first-order valence-electron chi connectivity index (χ1n) is 19.9. The monoisotopic (exact) mass is 834 g/mol. The number of rotatable bonds is 8. The van der Waals surface area contributed by atoms with Gasteiger partial charge in [-0.15, -0.1) is 11.3 Å². The van der Waals surface area contributed by atoms with Gasteiger partial charge < -0.3 is 20.3 Å². The maximum atomic E-state index is 14.8. The van der Waals surface area contributed by atoms with Crippen molar-refractivity contribution in [2.24, 2.45) is 5.92 Å². The summed E-state index contributed by atoms with van der Waals surface area (Å²) in [6.45, 7) is -0.0507. The highest BCUT2D eigenvalue weighted by Gasteiger charge is 2.62. The van der Waals surface area contributed by atoms with Crippen LogP contribution in [0, 0.1) is 5.92 Å². The molecular weight excluding hydrogens is 793 g/mol. The van der Waals surface area contributed by atoms with Gasteiger partial charge in [-0.25, -0.2) is 23.4 Å². The van der Waals surface area contributed by atoms with E-state index >= 15 is 0 Å². The third-order valence-electron chi connectivity index (χ3n) is 11.4. The van der Waals surface area contributed by atoms with Crippen molar-refractivity contribution in [3.63, 3.8) is 0 Å². The Morgan fingerprint density at radius 3 is 2.41 bits per heavy atom. The van der Waals surface area contributed by atoms with Crippen molar-refractivity contribution in [2.75, 3.05) is 6.54 Å². The largest absolute Gasteiger partial charge is 0.471 e. The Morgan fingerprint density at radius 1 is 0.898 bits per heavy atom. The number of ether oxygens (including phenoxy) is 1. The van der Waals surface area contributed by atoms with E-state index in [2.05, 4.69) is 20.3 Å². The summed E-state index contributed by atoms with van der Waals surface area (Å²) < 4.78 is 35.7. The van der Waals surface area contributed by atoms with E-state index in [4.69, 9.17) is 19.7 Å². The number of hydrogen-bond donors (Lipinski definition) is 3. The number of amides is 4. The molecule has 2 aromatic carbocycles. The van der Waals surface area contributed by atoms with E-state index in [9.17, 15) is 27.6 Å². The topological polar surface area (TPSA) is 203 Å². The predicted molar refractivity (Wildman–Crippen MR) is 219 cm³/mol. The predicted octanol–water partition coefficient (Wildman–Crippen LogP) is 4.45. The van der Waals surface area contributed by atoms with Crippen LogP contribution in [0.2, 0.25) is 0 Å². The molecule has 3 aromatic heterocycles. The molecule has 304 valence electrons. The second-order valence-corrected chi connectivity index (χ2v) is 18.6. The Hall–Kier alpha value is -5.81. The van der Waals surface area contributed by atoms with Gasteiger partial charge in [-0.1, -0.05) is 49.3 Å². The number of aromatic nitrogens is 4. The van der Waals surface area contributed by atoms with E-state index < -0.39 is 68.5 Å². The van der Waals surface area contributed by atoms with Gasteiger partial charge in [-0.2, -0.15) is 0 Å². The van der Waals surface area contributed by atoms with Gasteiger partial charge in [-0.3, -0.25) is 28.9 Å². The van der Waals surface area contributed by atoms with Crippen molar-refractivity contribution in [3.8, 4) is 16.6 Å². The van der Waals surface area contributed by atoms with E-state index in [1.807, 2.05) is 60.7 Å². The van der Waals surface area contributed by atoms with Gasteiger partial charge in [0, 0.05) is 30.3 Å². The minimum absolute atomic E-state index is 0.00889. The Morgan fingerprint density at radius 2 is 1.64 bits per heavy atom. The number of thiazole rings is 1. The Kier molecular flexibility index (Phi) is 10.3. The number of para-hydroxylation sites is 3. The van der Waals surface area contributed by atoms with Crippen molar-refractivity contribution < 1.29 is 32.3 Å². The summed E-state index contributed by atoms with van der Waals surface area (Å²) in [6, 6.07) is 16.1. The summed E-state index contributed by atoms with van der Waals surface area (Å²) in [5.41, 5.74) is 1.22. The van der Waals surface area contributed by atoms with Gasteiger partial charge in [0.2, 0.25) is 27.7 Å². The second-order valence-electron chi connectivity index (χ2n) is 15.6. The number of sulfonamides is 1. The number of fused-ring (bicyclic) bond motifs is 4. The molecule has 0 radical (unpaired) electrons. The Bertz CT molecular complexity index is 2570. The normalized spacial score (nSPS) is 25.0. The molecule has 4 amide bonds. The van der Waals surface area contributed by atoms with Crippen LogP contribution in [-0.4, -0.2) is 92.4 Å². The number of nitrogens with zero attached hydrogens (tertiary/aromatic N) is 5. The fourth-order valence-electron chi connectivity index (χ4n) is 7.93. The SMILES string of the molecule is O=C(N[C@H]1CCCCCC=C[C@@H]2C[C@@]2(C(=O)NS(=O)(=O)C2CC2)NC(=O)[C@@H]2C[C@@H](Oc3nc4ccccc4nc3-c3nc4ccccc4s3)CN2C1=O)c1ccncc1. The van der Waals surface area contributed by atoms with Crippen LogP contribution in [0.5, 0.6) is 5.88 Å². The zero-order valence-electron chi connectivity index (χ0n) is 32.0. The molecule has 0 bridgehead atoms. The highest BCUT2D eigenvalue weighted by molar-refractivity contribution is 7.91. The molecule has 0 spiro atoms. The van der Waals surface area contributed by atoms with E-state index in [0.29, 0.717) is 59.4 Å². The van der Waals surface area contributed by atoms with Crippen molar-refractivity contribution in [2.45, 2.75) is 86.8 Å². The summed E-state index contributed by atoms with van der Waals surface area (Å²) in [6.07, 6.45) is 10.4. The first-order valence-corrected chi connectivity index (χ1v) is 22.3. The lowest BCUT2D eigenvalue weighted by Gasteiger charge is -2.30. The van der Waals surface area contributed by atoms with Crippen LogP contribution in [0.1, 0.15) is 68.1 Å². The molecule has 2 aliphatic heterocycles. The van der Waals surface area contributed by atoms with Gasteiger partial charge in [-0.05, 0) is 74.9 Å². The van der Waals surface area contributed by atoms with Gasteiger partial charge in [0.25, 0.3) is 11.8 Å². The van der Waals surface area contributed by atoms with Crippen LogP contribution in [0.15, 0.2) is 85.2 Å². The molecule has 5 atom stereocenters. The number of pyridine rings is 1. The quantitative estimate of drug-likeness (QED) is 0.187. The number of nitrogens with one attached hydrogen (secondary N) is 3. The average Bonchev–Trinajstić information content (AvgIpc) is 4.13. The minimum atomic E-state index is -3.91. The molecule has 2 aliphatic carbocycles. The van der Waals surface area contributed by atoms with Crippen LogP contribution in [0.25, 0.3) is 32.0 Å². The van der Waals surface area contributed by atoms with Crippen LogP contribution < -0.4 is 20.1 Å². The van der Waals surface area contributed by atoms with Crippen LogP contribution in [-0.2, 0) is 24.4 Å². The fourth-order valence-corrected chi connectivity index (χ4v) is 10.2. The molecule has 3 fully saturated rings. The van der Waals surface area contributed by atoms with Gasteiger partial charge in [0.1, 0.15) is 28.7 Å². The summed E-state index contributed by atoms with van der Waals surface area (Å²) in [5.74, 6) is -2.64. The van der Waals surface area contributed by atoms with E-state index in [-0.39, 0.29) is 25.3 Å². The summed E-state index contributed by atoms with van der Waals surface area (Å²) in [7, 11) is -3.91. The summed E-state index contributed by atoms with van der Waals surface area (Å²) in [4.78, 5) is 76.7. The maximum Gasteiger partial charge on any atom is 0.259 e. The van der Waals surface area contributed by atoms with Crippen molar-refractivity contribution in [1.29, 1.82) is 0 Å². The minimum Gasteiger partial charge on any atom is -0.471 e. The van der Waals surface area contributed by atoms with Crippen molar-refractivity contribution in [1.82, 2.24) is 40.2 Å². The lowest BCUT2D eigenvalue weighted by Crippen LogP contribution is -2.58. The summed E-state index contributed by atoms with van der Waals surface area (Å²) in [5, 5.41) is 5.77. The smallest absolute Gasteiger partial charge is 0.259 e.